The minimum atomic E-state index is -4.04. The minimum absolute atomic E-state index is 0.0779. The van der Waals surface area contributed by atoms with E-state index in [0.717, 1.165) is 21.0 Å². The lowest BCUT2D eigenvalue weighted by molar-refractivity contribution is -0.114. The predicted molar refractivity (Wildman–Crippen MR) is 139 cm³/mol. The van der Waals surface area contributed by atoms with Crippen molar-refractivity contribution < 1.29 is 18.0 Å². The van der Waals surface area contributed by atoms with Gasteiger partial charge in [0.15, 0.2) is 0 Å². The molecule has 0 aromatic heterocycles. The van der Waals surface area contributed by atoms with Crippen LogP contribution >= 0.6 is 0 Å². The summed E-state index contributed by atoms with van der Waals surface area (Å²) in [5, 5.41) is 5.53. The van der Waals surface area contributed by atoms with Crippen LogP contribution in [-0.2, 0) is 14.8 Å². The second kappa shape index (κ2) is 10.7. The molecule has 0 bridgehead atoms. The van der Waals surface area contributed by atoms with Crippen molar-refractivity contribution in [3.63, 3.8) is 0 Å². The van der Waals surface area contributed by atoms with Gasteiger partial charge in [0.1, 0.15) is 6.54 Å². The van der Waals surface area contributed by atoms with E-state index in [1.54, 1.807) is 42.5 Å². The van der Waals surface area contributed by atoms with Gasteiger partial charge in [-0.25, -0.2) is 8.42 Å². The van der Waals surface area contributed by atoms with E-state index in [2.05, 4.69) is 10.6 Å². The lowest BCUT2D eigenvalue weighted by atomic mass is 10.1. The van der Waals surface area contributed by atoms with Crippen LogP contribution in [0.25, 0.3) is 0 Å². The molecule has 184 valence electrons. The third kappa shape index (κ3) is 6.27. The number of carbonyl (C=O) groups is 2. The summed E-state index contributed by atoms with van der Waals surface area (Å²) in [4.78, 5) is 25.8. The van der Waals surface area contributed by atoms with Gasteiger partial charge in [-0.05, 0) is 70.5 Å². The molecule has 3 aromatic rings. The first-order valence-electron chi connectivity index (χ1n) is 11.4. The summed E-state index contributed by atoms with van der Waals surface area (Å²) in [6.07, 6.45) is 0. The van der Waals surface area contributed by atoms with Gasteiger partial charge in [-0.15, -0.1) is 0 Å². The molecular weight excluding hydrogens is 462 g/mol. The van der Waals surface area contributed by atoms with Crippen molar-refractivity contribution in [2.45, 2.75) is 45.6 Å². The second-order valence-corrected chi connectivity index (χ2v) is 10.7. The van der Waals surface area contributed by atoms with Gasteiger partial charge in [0.05, 0.1) is 21.8 Å². The number of amides is 2. The summed E-state index contributed by atoms with van der Waals surface area (Å²) in [6.45, 7) is 8.83. The molecule has 0 unspecified atom stereocenters. The number of rotatable bonds is 8. The van der Waals surface area contributed by atoms with Crippen LogP contribution in [0.5, 0.6) is 0 Å². The van der Waals surface area contributed by atoms with Crippen LogP contribution in [0.4, 0.5) is 11.4 Å². The van der Waals surface area contributed by atoms with E-state index in [-0.39, 0.29) is 16.8 Å². The first-order valence-corrected chi connectivity index (χ1v) is 12.8. The summed E-state index contributed by atoms with van der Waals surface area (Å²) in [5.74, 6) is -0.889. The van der Waals surface area contributed by atoms with Crippen LogP contribution in [0, 0.1) is 20.8 Å². The van der Waals surface area contributed by atoms with Crippen LogP contribution in [-0.4, -0.2) is 32.8 Å². The van der Waals surface area contributed by atoms with Crippen molar-refractivity contribution in [3.8, 4) is 0 Å². The van der Waals surface area contributed by atoms with E-state index < -0.39 is 22.5 Å². The number of anilines is 2. The number of para-hydroxylation sites is 1. The quantitative estimate of drug-likeness (QED) is 0.480. The van der Waals surface area contributed by atoms with E-state index >= 15 is 0 Å². The monoisotopic (exact) mass is 493 g/mol. The fraction of sp³-hybridized carbons (Fsp3) is 0.259. The summed E-state index contributed by atoms with van der Waals surface area (Å²) in [7, 11) is -4.04. The highest BCUT2D eigenvalue weighted by Gasteiger charge is 2.28. The van der Waals surface area contributed by atoms with Crippen LogP contribution in [0.2, 0.25) is 0 Å². The van der Waals surface area contributed by atoms with E-state index in [9.17, 15) is 18.0 Å². The molecule has 0 aliphatic carbocycles. The van der Waals surface area contributed by atoms with E-state index in [1.165, 1.54) is 12.1 Å². The van der Waals surface area contributed by atoms with Crippen LogP contribution in [0.15, 0.2) is 71.6 Å². The number of benzene rings is 3. The van der Waals surface area contributed by atoms with E-state index in [0.29, 0.717) is 16.9 Å². The number of nitrogens with one attached hydrogen (secondary N) is 2. The third-order valence-electron chi connectivity index (χ3n) is 5.38. The average Bonchev–Trinajstić information content (AvgIpc) is 2.78. The number of carbonyl (C=O) groups excluding carboxylic acids is 2. The van der Waals surface area contributed by atoms with Gasteiger partial charge in [0, 0.05) is 6.04 Å². The van der Waals surface area contributed by atoms with E-state index in [4.69, 9.17) is 0 Å². The van der Waals surface area contributed by atoms with Gasteiger partial charge in [-0.3, -0.25) is 13.9 Å². The fourth-order valence-electron chi connectivity index (χ4n) is 3.67. The molecule has 3 rings (SSSR count). The Balaban J connectivity index is 1.97. The molecule has 0 radical (unpaired) electrons. The Kier molecular flexibility index (Phi) is 7.96. The Morgan fingerprint density at radius 1 is 0.886 bits per heavy atom. The predicted octanol–water partition coefficient (Wildman–Crippen LogP) is 4.58. The molecule has 0 aliphatic rings. The van der Waals surface area contributed by atoms with Crippen molar-refractivity contribution in [2.75, 3.05) is 16.2 Å². The van der Waals surface area contributed by atoms with Gasteiger partial charge in [-0.2, -0.15) is 0 Å². The highest BCUT2D eigenvalue weighted by Crippen LogP contribution is 2.28. The van der Waals surface area contributed by atoms with Crippen molar-refractivity contribution in [1.82, 2.24) is 5.32 Å². The lowest BCUT2D eigenvalue weighted by Gasteiger charge is -2.26. The van der Waals surface area contributed by atoms with Gasteiger partial charge in [0.25, 0.3) is 15.9 Å². The Morgan fingerprint density at radius 2 is 1.51 bits per heavy atom. The van der Waals surface area contributed by atoms with Gasteiger partial charge in [-0.1, -0.05) is 47.5 Å². The summed E-state index contributed by atoms with van der Waals surface area (Å²) < 4.78 is 28.4. The molecule has 0 spiro atoms. The SMILES string of the molecule is Cc1ccc(S(=O)(=O)N(CC(=O)Nc2ccccc2C(=O)NC(C)C)c2ccc(C)cc2C)cc1. The number of hydrogen-bond acceptors (Lipinski definition) is 4. The second-order valence-electron chi connectivity index (χ2n) is 8.84. The number of hydrogen-bond donors (Lipinski definition) is 2. The standard InChI is InChI=1S/C27H31N3O4S/c1-18(2)28-27(32)23-8-6-7-9-24(23)29-26(31)17-30(25-15-12-20(4)16-21(25)5)35(33,34)22-13-10-19(3)11-14-22/h6-16,18H,17H2,1-5H3,(H,28,32)(H,29,31). The Morgan fingerprint density at radius 3 is 2.14 bits per heavy atom. The minimum Gasteiger partial charge on any atom is -0.350 e. The Labute approximate surface area is 207 Å². The summed E-state index contributed by atoms with van der Waals surface area (Å²) in [6, 6.07) is 18.4. The zero-order valence-corrected chi connectivity index (χ0v) is 21.4. The third-order valence-corrected chi connectivity index (χ3v) is 7.16. The molecule has 3 aromatic carbocycles. The molecule has 7 nitrogen and oxygen atoms in total. The van der Waals surface area contributed by atoms with Gasteiger partial charge >= 0.3 is 0 Å². The molecule has 0 saturated carbocycles. The number of nitrogens with zero attached hydrogens (tertiary/aromatic N) is 1. The van der Waals surface area contributed by atoms with Crippen molar-refractivity contribution in [2.24, 2.45) is 0 Å². The number of sulfonamides is 1. The van der Waals surface area contributed by atoms with Crippen molar-refractivity contribution >= 4 is 33.2 Å². The first-order chi connectivity index (χ1) is 16.5. The number of aryl methyl sites for hydroxylation is 3. The lowest BCUT2D eigenvalue weighted by Crippen LogP contribution is -2.39. The van der Waals surface area contributed by atoms with E-state index in [1.807, 2.05) is 46.8 Å². The molecule has 8 heteroatoms. The topological polar surface area (TPSA) is 95.6 Å². The molecule has 35 heavy (non-hydrogen) atoms. The van der Waals surface area contributed by atoms with Gasteiger partial charge < -0.3 is 10.6 Å². The van der Waals surface area contributed by atoms with Gasteiger partial charge in [0.2, 0.25) is 5.91 Å². The van der Waals surface area contributed by atoms with Crippen LogP contribution < -0.4 is 14.9 Å². The Bertz CT molecular complexity index is 1330. The molecule has 0 saturated heterocycles. The Hall–Kier alpha value is -3.65. The van der Waals surface area contributed by atoms with Crippen molar-refractivity contribution in [3.05, 3.63) is 89.0 Å². The highest BCUT2D eigenvalue weighted by molar-refractivity contribution is 7.92. The zero-order valence-electron chi connectivity index (χ0n) is 20.6. The average molecular weight is 494 g/mol. The van der Waals surface area contributed by atoms with Crippen molar-refractivity contribution in [1.29, 1.82) is 0 Å². The molecule has 2 amide bonds. The molecule has 2 N–H and O–H groups in total. The smallest absolute Gasteiger partial charge is 0.264 e. The molecule has 0 fully saturated rings. The molecule has 0 atom stereocenters. The maximum absolute atomic E-state index is 13.6. The summed E-state index contributed by atoms with van der Waals surface area (Å²) in [5.41, 5.74) is 3.66. The van der Waals surface area contributed by atoms with Crippen LogP contribution in [0.1, 0.15) is 40.9 Å². The maximum Gasteiger partial charge on any atom is 0.264 e. The highest BCUT2D eigenvalue weighted by atomic mass is 32.2. The molecule has 0 aliphatic heterocycles. The molecule has 0 heterocycles. The van der Waals surface area contributed by atoms with Crippen LogP contribution in [0.3, 0.4) is 0 Å². The summed E-state index contributed by atoms with van der Waals surface area (Å²) >= 11 is 0. The first kappa shape index (κ1) is 26.0. The largest absolute Gasteiger partial charge is 0.350 e. The molecular formula is C27H31N3O4S. The normalized spacial score (nSPS) is 11.3. The fourth-order valence-corrected chi connectivity index (χ4v) is 5.16. The maximum atomic E-state index is 13.6. The zero-order chi connectivity index (χ0) is 25.8.